The molecule has 6 nitrogen and oxygen atoms in total. The second-order valence-electron chi connectivity index (χ2n) is 5.69. The van der Waals surface area contributed by atoms with Crippen LogP contribution in [0.1, 0.15) is 13.8 Å². The summed E-state index contributed by atoms with van der Waals surface area (Å²) in [6.45, 7) is 4.46. The Bertz CT molecular complexity index is 500. The van der Waals surface area contributed by atoms with Gasteiger partial charge >= 0.3 is 0 Å². The Morgan fingerprint density at radius 3 is 2.32 bits per heavy atom. The zero-order valence-electron chi connectivity index (χ0n) is 14.0. The van der Waals surface area contributed by atoms with Crippen molar-refractivity contribution in [3.05, 3.63) is 24.3 Å². The number of anilines is 1. The maximum absolute atomic E-state index is 12.0. The second-order valence-corrected chi connectivity index (χ2v) is 5.69. The molecule has 2 N–H and O–H groups in total. The average Bonchev–Trinajstić information content (AvgIpc) is 2.46. The Balaban J connectivity index is 2.45. The van der Waals surface area contributed by atoms with E-state index in [2.05, 4.69) is 5.32 Å². The number of hydrogen-bond acceptors (Lipinski definition) is 3. The van der Waals surface area contributed by atoms with E-state index in [0.717, 1.165) is 10.6 Å². The number of rotatable bonds is 7. The third-order valence-electron chi connectivity index (χ3n) is 3.46. The minimum Gasteiger partial charge on any atom is -0.497 e. The summed E-state index contributed by atoms with van der Waals surface area (Å²) in [7, 11) is 5.20. The van der Waals surface area contributed by atoms with Crippen molar-refractivity contribution in [2.75, 3.05) is 39.6 Å². The molecule has 22 heavy (non-hydrogen) atoms. The number of ether oxygens (including phenoxy) is 1. The van der Waals surface area contributed by atoms with Gasteiger partial charge in [-0.2, -0.15) is 0 Å². The van der Waals surface area contributed by atoms with Gasteiger partial charge in [-0.1, -0.05) is 0 Å². The Hall–Kier alpha value is -2.08. The van der Waals surface area contributed by atoms with Crippen LogP contribution in [-0.4, -0.2) is 57.1 Å². The lowest BCUT2D eigenvalue weighted by Gasteiger charge is -2.23. The molecule has 0 heterocycles. The number of benzene rings is 1. The lowest BCUT2D eigenvalue weighted by atomic mass is 10.3. The average molecular weight is 308 g/mol. The molecule has 0 aliphatic rings. The minimum atomic E-state index is -0.123. The molecule has 6 heteroatoms. The summed E-state index contributed by atoms with van der Waals surface area (Å²) in [6, 6.07) is 7.29. The summed E-state index contributed by atoms with van der Waals surface area (Å²) >= 11 is 0. The van der Waals surface area contributed by atoms with Crippen molar-refractivity contribution in [1.29, 1.82) is 0 Å². The van der Waals surface area contributed by atoms with E-state index < -0.39 is 0 Å². The van der Waals surface area contributed by atoms with E-state index in [1.54, 1.807) is 43.3 Å². The number of nitrogens with one attached hydrogen (secondary N) is 2. The summed E-state index contributed by atoms with van der Waals surface area (Å²) in [5.74, 6) is 0.649. The van der Waals surface area contributed by atoms with Crippen molar-refractivity contribution in [2.24, 2.45) is 0 Å². The maximum Gasteiger partial charge on any atom is 0.279 e. The molecular formula is C16H26N3O3+. The SMILES string of the molecule is COc1ccc(NC(=O)C[NH+](C)CC(=O)N(C)C(C)C)cc1. The van der Waals surface area contributed by atoms with Gasteiger partial charge in [0.1, 0.15) is 5.75 Å². The third kappa shape index (κ3) is 5.73. The molecule has 0 aliphatic heterocycles. The molecule has 0 aromatic heterocycles. The van der Waals surface area contributed by atoms with Crippen LogP contribution in [0.2, 0.25) is 0 Å². The van der Waals surface area contributed by atoms with E-state index in [4.69, 9.17) is 4.74 Å². The number of amides is 2. The summed E-state index contributed by atoms with van der Waals surface area (Å²) in [5, 5.41) is 2.81. The van der Waals surface area contributed by atoms with Gasteiger partial charge in [-0.05, 0) is 38.1 Å². The Kier molecular flexibility index (Phi) is 6.85. The molecule has 0 bridgehead atoms. The van der Waals surface area contributed by atoms with Crippen LogP contribution in [0.15, 0.2) is 24.3 Å². The Morgan fingerprint density at radius 1 is 1.23 bits per heavy atom. The molecule has 1 aromatic rings. The molecule has 0 spiro atoms. The van der Waals surface area contributed by atoms with Crippen LogP contribution in [0.3, 0.4) is 0 Å². The predicted octanol–water partition coefficient (Wildman–Crippen LogP) is 0.0152. The van der Waals surface area contributed by atoms with Gasteiger partial charge in [0.05, 0.1) is 14.2 Å². The molecule has 122 valence electrons. The molecular weight excluding hydrogens is 282 g/mol. The predicted molar refractivity (Wildman–Crippen MR) is 86.2 cm³/mol. The highest BCUT2D eigenvalue weighted by atomic mass is 16.5. The van der Waals surface area contributed by atoms with Gasteiger partial charge in [-0.25, -0.2) is 0 Å². The second kappa shape index (κ2) is 8.38. The van der Waals surface area contributed by atoms with Gasteiger partial charge in [0.15, 0.2) is 13.1 Å². The number of methoxy groups -OCH3 is 1. The summed E-state index contributed by atoms with van der Waals surface area (Å²) in [5.41, 5.74) is 0.712. The lowest BCUT2D eigenvalue weighted by Crippen LogP contribution is -3.11. The first-order chi connectivity index (χ1) is 10.3. The van der Waals surface area contributed by atoms with E-state index in [9.17, 15) is 9.59 Å². The highest BCUT2D eigenvalue weighted by molar-refractivity contribution is 5.91. The van der Waals surface area contributed by atoms with Crippen molar-refractivity contribution < 1.29 is 19.2 Å². The van der Waals surface area contributed by atoms with Crippen molar-refractivity contribution in [3.63, 3.8) is 0 Å². The van der Waals surface area contributed by atoms with Crippen LogP contribution in [0.25, 0.3) is 0 Å². The van der Waals surface area contributed by atoms with Crippen LogP contribution in [-0.2, 0) is 9.59 Å². The number of carbonyl (C=O) groups is 2. The number of quaternary nitrogens is 1. The third-order valence-corrected chi connectivity index (χ3v) is 3.46. The van der Waals surface area contributed by atoms with Gasteiger partial charge in [0, 0.05) is 18.8 Å². The fourth-order valence-corrected chi connectivity index (χ4v) is 1.89. The standard InChI is InChI=1S/C16H25N3O3/c1-12(2)19(4)16(21)11-18(3)10-15(20)17-13-6-8-14(22-5)9-7-13/h6-9,12H,10-11H2,1-5H3,(H,17,20)/p+1. The first-order valence-electron chi connectivity index (χ1n) is 7.34. The molecule has 0 fully saturated rings. The summed E-state index contributed by atoms with van der Waals surface area (Å²) < 4.78 is 5.07. The van der Waals surface area contributed by atoms with Gasteiger partial charge < -0.3 is 19.9 Å². The van der Waals surface area contributed by atoms with Gasteiger partial charge in [-0.3, -0.25) is 9.59 Å². The zero-order valence-corrected chi connectivity index (χ0v) is 14.0. The van der Waals surface area contributed by atoms with Crippen molar-refractivity contribution in [2.45, 2.75) is 19.9 Å². The van der Waals surface area contributed by atoms with Gasteiger partial charge in [0.2, 0.25) is 0 Å². The van der Waals surface area contributed by atoms with Crippen LogP contribution in [0.5, 0.6) is 5.75 Å². The molecule has 1 atom stereocenters. The van der Waals surface area contributed by atoms with E-state index in [0.29, 0.717) is 12.2 Å². The number of nitrogens with zero attached hydrogens (tertiary/aromatic N) is 1. The fourth-order valence-electron chi connectivity index (χ4n) is 1.89. The normalized spacial score (nSPS) is 11.9. The zero-order chi connectivity index (χ0) is 16.7. The van der Waals surface area contributed by atoms with Gasteiger partial charge in [-0.15, -0.1) is 0 Å². The van der Waals surface area contributed by atoms with Crippen LogP contribution in [0.4, 0.5) is 5.69 Å². The molecule has 1 aromatic carbocycles. The Labute approximate surface area is 132 Å². The highest BCUT2D eigenvalue weighted by Crippen LogP contribution is 2.14. The molecule has 1 unspecified atom stereocenters. The minimum absolute atomic E-state index is 0.0322. The maximum atomic E-state index is 12.0. The lowest BCUT2D eigenvalue weighted by molar-refractivity contribution is -0.862. The quantitative estimate of drug-likeness (QED) is 0.746. The number of carbonyl (C=O) groups excluding carboxylic acids is 2. The topological polar surface area (TPSA) is 63.1 Å². The van der Waals surface area contributed by atoms with E-state index >= 15 is 0 Å². The van der Waals surface area contributed by atoms with Crippen molar-refractivity contribution >= 4 is 17.5 Å². The molecule has 1 rings (SSSR count). The number of hydrogen-bond donors (Lipinski definition) is 2. The van der Waals surface area contributed by atoms with Crippen molar-refractivity contribution in [3.8, 4) is 5.75 Å². The number of likely N-dealkylation sites (N-methyl/N-ethyl adjacent to an activating group) is 2. The summed E-state index contributed by atoms with van der Waals surface area (Å²) in [6.07, 6.45) is 0. The molecule has 2 amide bonds. The molecule has 0 radical (unpaired) electrons. The highest BCUT2D eigenvalue weighted by Gasteiger charge is 2.18. The molecule has 0 saturated carbocycles. The van der Waals surface area contributed by atoms with E-state index in [1.807, 2.05) is 20.9 Å². The van der Waals surface area contributed by atoms with Crippen LogP contribution in [0, 0.1) is 0 Å². The largest absolute Gasteiger partial charge is 0.497 e. The van der Waals surface area contributed by atoms with E-state index in [1.165, 1.54) is 0 Å². The fraction of sp³-hybridized carbons (Fsp3) is 0.500. The smallest absolute Gasteiger partial charge is 0.279 e. The van der Waals surface area contributed by atoms with E-state index in [-0.39, 0.29) is 24.4 Å². The van der Waals surface area contributed by atoms with Crippen LogP contribution < -0.4 is 15.0 Å². The van der Waals surface area contributed by atoms with Crippen LogP contribution >= 0.6 is 0 Å². The Morgan fingerprint density at radius 2 is 1.82 bits per heavy atom. The first kappa shape index (κ1) is 18.0. The molecule has 0 saturated heterocycles. The van der Waals surface area contributed by atoms with Gasteiger partial charge in [0.25, 0.3) is 11.8 Å². The first-order valence-corrected chi connectivity index (χ1v) is 7.34. The summed E-state index contributed by atoms with van der Waals surface area (Å²) in [4.78, 5) is 26.5. The monoisotopic (exact) mass is 308 g/mol. The molecule has 0 aliphatic carbocycles. The van der Waals surface area contributed by atoms with Crippen molar-refractivity contribution in [1.82, 2.24) is 4.90 Å².